The Kier molecular flexibility index (Phi) is 4.10. The minimum atomic E-state index is 0.531. The molecule has 1 aromatic heterocycles. The standard InChI is InChI=1S/C12H20N4S/c1-9-8-17-12(15-10(9)2)14-5-4-11-13-6-7-16(11)3/h6-7,9-10H,4-5,8H2,1-3H3,(H,14,15). The van der Waals surface area contributed by atoms with E-state index in [1.807, 2.05) is 35.8 Å². The van der Waals surface area contributed by atoms with E-state index in [-0.39, 0.29) is 0 Å². The van der Waals surface area contributed by atoms with Gasteiger partial charge in [-0.3, -0.25) is 4.99 Å². The van der Waals surface area contributed by atoms with Crippen molar-refractivity contribution in [2.45, 2.75) is 26.3 Å². The van der Waals surface area contributed by atoms with E-state index in [1.165, 1.54) is 0 Å². The Bertz CT molecular complexity index is 399. The van der Waals surface area contributed by atoms with Gasteiger partial charge in [0.2, 0.25) is 0 Å². The first kappa shape index (κ1) is 12.5. The summed E-state index contributed by atoms with van der Waals surface area (Å²) in [6.45, 7) is 5.30. The number of hydrogen-bond donors (Lipinski definition) is 1. The summed E-state index contributed by atoms with van der Waals surface area (Å²) in [5.41, 5.74) is 0. The van der Waals surface area contributed by atoms with Gasteiger partial charge in [-0.1, -0.05) is 18.7 Å². The van der Waals surface area contributed by atoms with Gasteiger partial charge in [-0.15, -0.1) is 0 Å². The third-order valence-corrected chi connectivity index (χ3v) is 4.41. The summed E-state index contributed by atoms with van der Waals surface area (Å²) in [4.78, 5) is 8.89. The summed E-state index contributed by atoms with van der Waals surface area (Å²) in [6.07, 6.45) is 4.71. The molecule has 0 aromatic carbocycles. The van der Waals surface area contributed by atoms with E-state index in [4.69, 9.17) is 0 Å². The van der Waals surface area contributed by atoms with Crippen LogP contribution < -0.4 is 5.32 Å². The summed E-state index contributed by atoms with van der Waals surface area (Å²) >= 11 is 1.83. The van der Waals surface area contributed by atoms with Crippen LogP contribution in [-0.2, 0) is 13.5 Å². The van der Waals surface area contributed by atoms with E-state index in [0.29, 0.717) is 12.0 Å². The topological polar surface area (TPSA) is 42.2 Å². The van der Waals surface area contributed by atoms with Crippen molar-refractivity contribution in [1.82, 2.24) is 14.9 Å². The Morgan fingerprint density at radius 2 is 2.41 bits per heavy atom. The number of nitrogens with zero attached hydrogens (tertiary/aromatic N) is 3. The zero-order chi connectivity index (χ0) is 12.3. The monoisotopic (exact) mass is 252 g/mol. The van der Waals surface area contributed by atoms with E-state index in [9.17, 15) is 0 Å². The normalized spacial score (nSPS) is 27.1. The van der Waals surface area contributed by atoms with Gasteiger partial charge in [-0.05, 0) is 12.8 Å². The highest BCUT2D eigenvalue weighted by molar-refractivity contribution is 8.13. The lowest BCUT2D eigenvalue weighted by Gasteiger charge is -2.28. The summed E-state index contributed by atoms with van der Waals surface area (Å²) in [5.74, 6) is 2.97. The summed E-state index contributed by atoms with van der Waals surface area (Å²) < 4.78 is 2.05. The molecular weight excluding hydrogens is 232 g/mol. The Morgan fingerprint density at radius 1 is 1.59 bits per heavy atom. The molecule has 1 fully saturated rings. The highest BCUT2D eigenvalue weighted by atomic mass is 32.2. The van der Waals surface area contributed by atoms with Crippen LogP contribution in [0.1, 0.15) is 19.7 Å². The van der Waals surface area contributed by atoms with Crippen LogP contribution in [0.25, 0.3) is 0 Å². The van der Waals surface area contributed by atoms with Gasteiger partial charge in [-0.25, -0.2) is 4.98 Å². The van der Waals surface area contributed by atoms with Crippen molar-refractivity contribution in [3.63, 3.8) is 0 Å². The average Bonchev–Trinajstić information content (AvgIpc) is 2.70. The maximum Gasteiger partial charge on any atom is 0.156 e. The number of aromatic nitrogens is 2. The van der Waals surface area contributed by atoms with E-state index in [0.717, 1.165) is 29.7 Å². The van der Waals surface area contributed by atoms with Crippen molar-refractivity contribution < 1.29 is 0 Å². The van der Waals surface area contributed by atoms with Crippen LogP contribution in [0.4, 0.5) is 0 Å². The molecule has 2 unspecified atom stereocenters. The summed E-state index contributed by atoms with van der Waals surface area (Å²) in [6, 6.07) is 0.531. The van der Waals surface area contributed by atoms with Crippen LogP contribution in [-0.4, -0.2) is 33.1 Å². The molecule has 1 saturated heterocycles. The van der Waals surface area contributed by atoms with Crippen molar-refractivity contribution in [1.29, 1.82) is 0 Å². The molecule has 5 heteroatoms. The zero-order valence-electron chi connectivity index (χ0n) is 10.7. The van der Waals surface area contributed by atoms with Crippen LogP contribution >= 0.6 is 11.8 Å². The van der Waals surface area contributed by atoms with Crippen LogP contribution in [0.2, 0.25) is 0 Å². The van der Waals surface area contributed by atoms with Crippen LogP contribution in [0, 0.1) is 5.92 Å². The van der Waals surface area contributed by atoms with Gasteiger partial charge in [0.1, 0.15) is 5.82 Å². The average molecular weight is 252 g/mol. The number of aliphatic imine (C=N–C) groups is 1. The molecule has 94 valence electrons. The fourth-order valence-corrected chi connectivity index (χ4v) is 2.88. The molecule has 0 radical (unpaired) electrons. The number of nitrogens with one attached hydrogen (secondary N) is 1. The second-order valence-electron chi connectivity index (χ2n) is 4.61. The van der Waals surface area contributed by atoms with Gasteiger partial charge < -0.3 is 9.88 Å². The lowest BCUT2D eigenvalue weighted by molar-refractivity contribution is 0.490. The molecule has 2 rings (SSSR count). The van der Waals surface area contributed by atoms with Crippen molar-refractivity contribution >= 4 is 16.9 Å². The molecule has 0 bridgehead atoms. The molecule has 17 heavy (non-hydrogen) atoms. The van der Waals surface area contributed by atoms with Gasteiger partial charge in [0.15, 0.2) is 5.17 Å². The van der Waals surface area contributed by atoms with E-state index < -0.39 is 0 Å². The predicted molar refractivity (Wildman–Crippen MR) is 73.4 cm³/mol. The third-order valence-electron chi connectivity index (χ3n) is 3.20. The Morgan fingerprint density at radius 3 is 3.06 bits per heavy atom. The van der Waals surface area contributed by atoms with Crippen LogP contribution in [0.15, 0.2) is 17.4 Å². The minimum absolute atomic E-state index is 0.531. The lowest BCUT2D eigenvalue weighted by Crippen LogP contribution is -2.41. The highest BCUT2D eigenvalue weighted by Gasteiger charge is 2.20. The van der Waals surface area contributed by atoms with Crippen molar-refractivity contribution in [2.24, 2.45) is 18.0 Å². The molecule has 0 spiro atoms. The third kappa shape index (κ3) is 3.25. The number of amidine groups is 1. The first-order chi connectivity index (χ1) is 8.16. The molecule has 0 amide bonds. The first-order valence-electron chi connectivity index (χ1n) is 6.07. The van der Waals surface area contributed by atoms with Crippen molar-refractivity contribution in [2.75, 3.05) is 12.3 Å². The highest BCUT2D eigenvalue weighted by Crippen LogP contribution is 2.19. The van der Waals surface area contributed by atoms with Crippen molar-refractivity contribution in [3.8, 4) is 0 Å². The van der Waals surface area contributed by atoms with Gasteiger partial charge in [0.05, 0.1) is 0 Å². The first-order valence-corrected chi connectivity index (χ1v) is 7.05. The molecular formula is C12H20N4S. The molecule has 1 aromatic rings. The van der Waals surface area contributed by atoms with Crippen LogP contribution in [0.3, 0.4) is 0 Å². The maximum absolute atomic E-state index is 4.60. The Labute approximate surface area is 107 Å². The van der Waals surface area contributed by atoms with Crippen LogP contribution in [0.5, 0.6) is 0 Å². The number of thioether (sulfide) groups is 1. The van der Waals surface area contributed by atoms with Gasteiger partial charge in [-0.2, -0.15) is 0 Å². The fourth-order valence-electron chi connectivity index (χ4n) is 1.72. The summed E-state index contributed by atoms with van der Waals surface area (Å²) in [5, 5.41) is 4.53. The molecule has 1 aliphatic heterocycles. The van der Waals surface area contributed by atoms with E-state index in [2.05, 4.69) is 29.1 Å². The number of aryl methyl sites for hydroxylation is 1. The minimum Gasteiger partial charge on any atom is -0.362 e. The lowest BCUT2D eigenvalue weighted by atomic mass is 10.1. The van der Waals surface area contributed by atoms with Gasteiger partial charge >= 0.3 is 0 Å². The molecule has 0 aliphatic carbocycles. The number of imidazole rings is 1. The van der Waals surface area contributed by atoms with Gasteiger partial charge in [0, 0.05) is 44.2 Å². The van der Waals surface area contributed by atoms with Crippen molar-refractivity contribution in [3.05, 3.63) is 18.2 Å². The Balaban J connectivity index is 1.83. The van der Waals surface area contributed by atoms with E-state index in [1.54, 1.807) is 0 Å². The second kappa shape index (κ2) is 5.58. The number of hydrogen-bond acceptors (Lipinski definition) is 3. The fraction of sp³-hybridized carbons (Fsp3) is 0.667. The quantitative estimate of drug-likeness (QED) is 0.890. The van der Waals surface area contributed by atoms with E-state index >= 15 is 0 Å². The molecule has 4 nitrogen and oxygen atoms in total. The second-order valence-corrected chi connectivity index (χ2v) is 5.62. The van der Waals surface area contributed by atoms with Gasteiger partial charge in [0.25, 0.3) is 0 Å². The molecule has 1 aliphatic rings. The SMILES string of the molecule is CC1CSC(=NCCc2nccn2C)NC1C. The number of rotatable bonds is 3. The maximum atomic E-state index is 4.60. The zero-order valence-corrected chi connectivity index (χ0v) is 11.5. The Hall–Kier alpha value is -0.970. The molecule has 2 atom stereocenters. The molecule has 2 heterocycles. The molecule has 1 N–H and O–H groups in total. The predicted octanol–water partition coefficient (Wildman–Crippen LogP) is 1.68. The largest absolute Gasteiger partial charge is 0.362 e. The summed E-state index contributed by atoms with van der Waals surface area (Å²) in [7, 11) is 2.02. The smallest absolute Gasteiger partial charge is 0.156 e. The molecule has 0 saturated carbocycles.